The van der Waals surface area contributed by atoms with Crippen LogP contribution in [0, 0.1) is 0 Å². The van der Waals surface area contributed by atoms with Gasteiger partial charge < -0.3 is 20.8 Å². The lowest BCUT2D eigenvalue weighted by Gasteiger charge is -2.20. The van der Waals surface area contributed by atoms with Gasteiger partial charge in [0.05, 0.1) is 0 Å². The summed E-state index contributed by atoms with van der Waals surface area (Å²) >= 11 is 0. The summed E-state index contributed by atoms with van der Waals surface area (Å²) < 4.78 is 0. The van der Waals surface area contributed by atoms with Crippen LogP contribution in [-0.4, -0.2) is 34.0 Å². The number of carbonyl (C=O) groups is 4. The molecule has 8 heteroatoms. The van der Waals surface area contributed by atoms with Crippen molar-refractivity contribution in [3.05, 3.63) is 143 Å². The molecule has 0 heterocycles. The van der Waals surface area contributed by atoms with Crippen LogP contribution in [0.25, 0.3) is 11.1 Å². The van der Waals surface area contributed by atoms with E-state index in [2.05, 4.69) is 34.9 Å². The van der Waals surface area contributed by atoms with Crippen LogP contribution in [0.15, 0.2) is 126 Å². The van der Waals surface area contributed by atoms with E-state index in [4.69, 9.17) is 10.2 Å². The summed E-state index contributed by atoms with van der Waals surface area (Å²) in [5.41, 5.74) is 5.99. The van der Waals surface area contributed by atoms with Gasteiger partial charge in [-0.05, 0) is 65.9 Å². The first-order chi connectivity index (χ1) is 20.6. The van der Waals surface area contributed by atoms with Gasteiger partial charge in [-0.15, -0.1) is 0 Å². The first-order valence-corrected chi connectivity index (χ1v) is 13.4. The molecule has 4 aromatic rings. The Morgan fingerprint density at radius 1 is 0.535 bits per heavy atom. The van der Waals surface area contributed by atoms with Crippen LogP contribution in [-0.2, 0) is 19.2 Å². The molecule has 4 N–H and O–H groups in total. The third-order valence-electron chi connectivity index (χ3n) is 6.74. The van der Waals surface area contributed by atoms with Gasteiger partial charge in [-0.25, -0.2) is 9.59 Å². The lowest BCUT2D eigenvalue weighted by atomic mass is 9.84. The normalized spacial score (nSPS) is 11.6. The average Bonchev–Trinajstić information content (AvgIpc) is 2.99. The highest BCUT2D eigenvalue weighted by Gasteiger charge is 2.18. The number of amides is 2. The molecule has 0 saturated carbocycles. The van der Waals surface area contributed by atoms with Crippen LogP contribution < -0.4 is 10.6 Å². The first kappa shape index (κ1) is 30.2. The molecule has 0 aromatic heterocycles. The summed E-state index contributed by atoms with van der Waals surface area (Å²) in [7, 11) is 0. The second kappa shape index (κ2) is 13.7. The predicted octanol–water partition coefficient (Wildman–Crippen LogP) is 6.47. The highest BCUT2D eigenvalue weighted by Crippen LogP contribution is 2.34. The highest BCUT2D eigenvalue weighted by molar-refractivity contribution is 6.04. The summed E-state index contributed by atoms with van der Waals surface area (Å²) in [6.45, 7) is 2.70. The molecule has 216 valence electrons. The summed E-state index contributed by atoms with van der Waals surface area (Å²) in [4.78, 5) is 46.5. The van der Waals surface area contributed by atoms with Crippen molar-refractivity contribution >= 4 is 35.1 Å². The Morgan fingerprint density at radius 2 is 0.884 bits per heavy atom. The average molecular weight is 575 g/mol. The fourth-order valence-electron chi connectivity index (χ4n) is 4.47. The molecule has 0 fully saturated rings. The first-order valence-electron chi connectivity index (χ1n) is 13.4. The molecule has 0 aliphatic rings. The number of aliphatic carboxylic acids is 2. The van der Waals surface area contributed by atoms with Gasteiger partial charge in [-0.1, -0.05) is 78.9 Å². The lowest BCUT2D eigenvalue weighted by molar-refractivity contribution is -0.133. The van der Waals surface area contributed by atoms with E-state index in [1.165, 1.54) is 13.8 Å². The van der Waals surface area contributed by atoms with Crippen LogP contribution in [0.5, 0.6) is 0 Å². The molecule has 0 aliphatic heterocycles. The third-order valence-corrected chi connectivity index (χ3v) is 6.74. The zero-order chi connectivity index (χ0) is 30.9. The molecule has 0 atom stereocenters. The van der Waals surface area contributed by atoms with E-state index in [9.17, 15) is 19.2 Å². The van der Waals surface area contributed by atoms with E-state index < -0.39 is 23.8 Å². The van der Waals surface area contributed by atoms with Crippen LogP contribution in [0.2, 0.25) is 0 Å². The smallest absolute Gasteiger partial charge is 0.331 e. The Labute approximate surface area is 249 Å². The minimum atomic E-state index is -1.16. The van der Waals surface area contributed by atoms with Gasteiger partial charge >= 0.3 is 11.9 Å². The summed E-state index contributed by atoms with van der Waals surface area (Å²) in [6, 6.07) is 32.9. The quantitative estimate of drug-likeness (QED) is 0.127. The highest BCUT2D eigenvalue weighted by atomic mass is 16.4. The van der Waals surface area contributed by atoms with Gasteiger partial charge in [0.2, 0.25) is 11.8 Å². The summed E-state index contributed by atoms with van der Waals surface area (Å²) in [6.07, 6.45) is 2.07. The van der Waals surface area contributed by atoms with Gasteiger partial charge in [-0.2, -0.15) is 0 Å². The maximum Gasteiger partial charge on any atom is 0.331 e. The molecule has 0 aliphatic carbocycles. The van der Waals surface area contributed by atoms with Gasteiger partial charge in [-0.3, -0.25) is 9.59 Å². The predicted molar refractivity (Wildman–Crippen MR) is 166 cm³/mol. The fourth-order valence-corrected chi connectivity index (χ4v) is 4.47. The number of carboxylic acid groups (broad SMARTS) is 2. The van der Waals surface area contributed by atoms with Gasteiger partial charge in [0.15, 0.2) is 0 Å². The number of hydrogen-bond donors (Lipinski definition) is 4. The van der Waals surface area contributed by atoms with Crippen molar-refractivity contribution in [1.82, 2.24) is 0 Å². The molecule has 0 unspecified atom stereocenters. The SMILES string of the molecule is C/C(=C\C(=O)Nc1ccc(C(c2ccc(NC(=O)/C=C(\C)C(=O)O)cc2)c2ccc(-c3ccccc3)cc2)cc1)C(=O)O. The summed E-state index contributed by atoms with van der Waals surface area (Å²) in [5.74, 6) is -3.59. The molecule has 0 saturated heterocycles. The molecule has 4 aromatic carbocycles. The number of hydrogen-bond acceptors (Lipinski definition) is 4. The monoisotopic (exact) mass is 574 g/mol. The third kappa shape index (κ3) is 8.14. The molecular weight excluding hydrogens is 544 g/mol. The zero-order valence-electron chi connectivity index (χ0n) is 23.6. The molecule has 43 heavy (non-hydrogen) atoms. The van der Waals surface area contributed by atoms with Gasteiger partial charge in [0, 0.05) is 40.6 Å². The maximum absolute atomic E-state index is 12.2. The largest absolute Gasteiger partial charge is 0.478 e. The Balaban J connectivity index is 1.63. The Bertz CT molecular complexity index is 1600. The van der Waals surface area contributed by atoms with E-state index in [1.807, 2.05) is 54.6 Å². The number of carbonyl (C=O) groups excluding carboxylic acids is 2. The number of carboxylic acids is 2. The van der Waals surface area contributed by atoms with Crippen LogP contribution in [0.4, 0.5) is 11.4 Å². The van der Waals surface area contributed by atoms with Crippen molar-refractivity contribution in [2.75, 3.05) is 10.6 Å². The van der Waals surface area contributed by atoms with Gasteiger partial charge in [0.1, 0.15) is 0 Å². The number of anilines is 2. The van der Waals surface area contributed by atoms with Crippen LogP contribution in [0.3, 0.4) is 0 Å². The second-order valence-corrected chi connectivity index (χ2v) is 9.91. The molecular formula is C35H30N2O6. The molecule has 0 radical (unpaired) electrons. The number of benzene rings is 4. The number of rotatable bonds is 10. The minimum absolute atomic E-state index is 0.0687. The summed E-state index contributed by atoms with van der Waals surface area (Å²) in [5, 5.41) is 23.4. The Kier molecular flexibility index (Phi) is 9.65. The topological polar surface area (TPSA) is 133 Å². The molecule has 4 rings (SSSR count). The van der Waals surface area contributed by atoms with Crippen molar-refractivity contribution < 1.29 is 29.4 Å². The Morgan fingerprint density at radius 3 is 1.26 bits per heavy atom. The van der Waals surface area contributed by atoms with E-state index in [1.54, 1.807) is 24.3 Å². The van der Waals surface area contributed by atoms with Crippen LogP contribution >= 0.6 is 0 Å². The molecule has 0 bridgehead atoms. The molecule has 8 nitrogen and oxygen atoms in total. The van der Waals surface area contributed by atoms with E-state index >= 15 is 0 Å². The standard InChI is InChI=1S/C35H30N2O6/c1-22(34(40)41)20-31(38)36-29-16-12-27(13-17-29)33(26-10-8-25(9-11-26)24-6-4-3-5-7-24)28-14-18-30(19-15-28)37-32(39)21-23(2)35(42)43/h3-21,33H,1-2H3,(H,36,38)(H,37,39)(H,40,41)(H,42,43)/b22-20+,23-21+. The van der Waals surface area contributed by atoms with Crippen molar-refractivity contribution in [2.45, 2.75) is 19.8 Å². The minimum Gasteiger partial charge on any atom is -0.478 e. The van der Waals surface area contributed by atoms with Crippen molar-refractivity contribution in [3.8, 4) is 11.1 Å². The van der Waals surface area contributed by atoms with E-state index in [-0.39, 0.29) is 17.1 Å². The van der Waals surface area contributed by atoms with Crippen molar-refractivity contribution in [2.24, 2.45) is 0 Å². The van der Waals surface area contributed by atoms with Crippen LogP contribution in [0.1, 0.15) is 36.5 Å². The second-order valence-electron chi connectivity index (χ2n) is 9.91. The molecule has 0 spiro atoms. The number of nitrogens with one attached hydrogen (secondary N) is 2. The lowest BCUT2D eigenvalue weighted by Crippen LogP contribution is -2.11. The zero-order valence-corrected chi connectivity index (χ0v) is 23.6. The van der Waals surface area contributed by atoms with E-state index in [0.29, 0.717) is 11.4 Å². The van der Waals surface area contributed by atoms with Crippen molar-refractivity contribution in [1.29, 1.82) is 0 Å². The van der Waals surface area contributed by atoms with Gasteiger partial charge in [0.25, 0.3) is 0 Å². The maximum atomic E-state index is 12.2. The van der Waals surface area contributed by atoms with E-state index in [0.717, 1.165) is 40.0 Å². The Hall–Kier alpha value is -5.76. The molecule has 2 amide bonds. The fraction of sp³-hybridized carbons (Fsp3) is 0.0857. The van der Waals surface area contributed by atoms with Crippen molar-refractivity contribution in [3.63, 3.8) is 0 Å².